The summed E-state index contributed by atoms with van der Waals surface area (Å²) < 4.78 is 0. The Hall–Kier alpha value is -2.15. The Morgan fingerprint density at radius 3 is 2.89 bits per heavy atom. The van der Waals surface area contributed by atoms with Crippen LogP contribution in [0, 0.1) is 0 Å². The molecular weight excluding hydrogens is 250 g/mol. The maximum atomic E-state index is 11.2. The number of pyridine rings is 1. The largest absolute Gasteiger partial charge is 0.397 e. The van der Waals surface area contributed by atoms with E-state index in [1.165, 1.54) is 6.20 Å². The first-order chi connectivity index (χ1) is 8.58. The van der Waals surface area contributed by atoms with Crippen LogP contribution in [0.5, 0.6) is 0 Å². The Labute approximate surface area is 108 Å². The molecule has 2 heterocycles. The molecule has 1 atom stereocenters. The summed E-state index contributed by atoms with van der Waals surface area (Å²) in [6.07, 6.45) is 3.15. The third-order valence-corrected chi connectivity index (χ3v) is 3.34. The molecule has 1 amide bonds. The molecule has 0 aromatic carbocycles. The minimum atomic E-state index is -0.570. The van der Waals surface area contributed by atoms with E-state index < -0.39 is 5.91 Å². The van der Waals surface area contributed by atoms with Gasteiger partial charge in [-0.2, -0.15) is 0 Å². The number of carbonyl (C=O) groups is 1. The van der Waals surface area contributed by atoms with Gasteiger partial charge >= 0.3 is 0 Å². The maximum Gasteiger partial charge on any atom is 0.250 e. The molecule has 0 bridgehead atoms. The summed E-state index contributed by atoms with van der Waals surface area (Å²) >= 11 is 1.55. The van der Waals surface area contributed by atoms with Gasteiger partial charge in [0.15, 0.2) is 0 Å². The summed E-state index contributed by atoms with van der Waals surface area (Å²) in [5.74, 6) is -0.0273. The van der Waals surface area contributed by atoms with Gasteiger partial charge in [0, 0.05) is 11.6 Å². The Morgan fingerprint density at radius 1 is 1.50 bits per heavy atom. The maximum absolute atomic E-state index is 11.2. The summed E-state index contributed by atoms with van der Waals surface area (Å²) in [6, 6.07) is 1.55. The fraction of sp³-hybridized carbons (Fsp3) is 0.182. The van der Waals surface area contributed by atoms with Crippen molar-refractivity contribution in [1.29, 1.82) is 0 Å². The molecule has 0 saturated carbocycles. The number of amides is 1. The number of carbonyl (C=O) groups excluding carboxylic acids is 1. The van der Waals surface area contributed by atoms with E-state index in [1.807, 2.05) is 12.3 Å². The summed E-state index contributed by atoms with van der Waals surface area (Å²) in [5.41, 5.74) is 11.4. The van der Waals surface area contributed by atoms with Gasteiger partial charge in [-0.3, -0.25) is 4.79 Å². The van der Waals surface area contributed by atoms with Gasteiger partial charge in [0.2, 0.25) is 0 Å². The van der Waals surface area contributed by atoms with Gasteiger partial charge in [0.25, 0.3) is 5.91 Å². The zero-order valence-corrected chi connectivity index (χ0v) is 10.6. The third kappa shape index (κ3) is 2.57. The number of nitrogen functional groups attached to an aromatic ring is 1. The molecule has 2 aromatic heterocycles. The Balaban J connectivity index is 2.20. The topological polar surface area (TPSA) is 107 Å². The SMILES string of the molecule is CC(Nc1cc(C(N)=O)c(N)cn1)c1nccs1. The van der Waals surface area contributed by atoms with E-state index in [9.17, 15) is 4.79 Å². The summed E-state index contributed by atoms with van der Waals surface area (Å²) in [4.78, 5) is 19.5. The number of rotatable bonds is 4. The van der Waals surface area contributed by atoms with Gasteiger partial charge in [-0.1, -0.05) is 0 Å². The number of thiazole rings is 1. The lowest BCUT2D eigenvalue weighted by Crippen LogP contribution is -2.15. The molecule has 6 nitrogen and oxygen atoms in total. The molecule has 0 saturated heterocycles. The van der Waals surface area contributed by atoms with Crippen LogP contribution in [-0.4, -0.2) is 15.9 Å². The van der Waals surface area contributed by atoms with Crippen LogP contribution in [0.25, 0.3) is 0 Å². The van der Waals surface area contributed by atoms with Crippen LogP contribution in [0.3, 0.4) is 0 Å². The number of nitrogens with zero attached hydrogens (tertiary/aromatic N) is 2. The normalized spacial score (nSPS) is 12.1. The van der Waals surface area contributed by atoms with Crippen molar-refractivity contribution in [1.82, 2.24) is 9.97 Å². The van der Waals surface area contributed by atoms with Crippen molar-refractivity contribution in [2.24, 2.45) is 5.73 Å². The van der Waals surface area contributed by atoms with Crippen LogP contribution >= 0.6 is 11.3 Å². The number of hydrogen-bond donors (Lipinski definition) is 3. The van der Waals surface area contributed by atoms with Gasteiger partial charge in [-0.25, -0.2) is 9.97 Å². The van der Waals surface area contributed by atoms with Crippen molar-refractivity contribution in [3.8, 4) is 0 Å². The van der Waals surface area contributed by atoms with Gasteiger partial charge < -0.3 is 16.8 Å². The highest BCUT2D eigenvalue weighted by atomic mass is 32.1. The highest BCUT2D eigenvalue weighted by Gasteiger charge is 2.11. The second kappa shape index (κ2) is 5.01. The molecule has 0 aliphatic carbocycles. The first kappa shape index (κ1) is 12.3. The average molecular weight is 263 g/mol. The van der Waals surface area contributed by atoms with Crippen LogP contribution in [0.1, 0.15) is 28.3 Å². The lowest BCUT2D eigenvalue weighted by atomic mass is 10.2. The first-order valence-corrected chi connectivity index (χ1v) is 6.17. The number of nitrogens with one attached hydrogen (secondary N) is 1. The highest BCUT2D eigenvalue weighted by Crippen LogP contribution is 2.21. The fourth-order valence-electron chi connectivity index (χ4n) is 1.49. The molecule has 0 radical (unpaired) electrons. The number of aromatic nitrogens is 2. The third-order valence-electron chi connectivity index (χ3n) is 2.39. The van der Waals surface area contributed by atoms with Crippen molar-refractivity contribution in [3.63, 3.8) is 0 Å². The molecule has 18 heavy (non-hydrogen) atoms. The Morgan fingerprint density at radius 2 is 2.28 bits per heavy atom. The fourth-order valence-corrected chi connectivity index (χ4v) is 2.14. The molecule has 2 aromatic rings. The van der Waals surface area contributed by atoms with E-state index in [2.05, 4.69) is 15.3 Å². The zero-order chi connectivity index (χ0) is 13.1. The molecule has 0 aliphatic heterocycles. The van der Waals surface area contributed by atoms with E-state index in [1.54, 1.807) is 23.6 Å². The Kier molecular flexibility index (Phi) is 3.42. The number of primary amides is 1. The lowest BCUT2D eigenvalue weighted by Gasteiger charge is -2.12. The molecule has 0 spiro atoms. The second-order valence-corrected chi connectivity index (χ2v) is 4.68. The molecule has 0 fully saturated rings. The summed E-state index contributed by atoms with van der Waals surface area (Å²) in [5, 5.41) is 5.98. The minimum Gasteiger partial charge on any atom is -0.397 e. The quantitative estimate of drug-likeness (QED) is 0.772. The Bertz CT molecular complexity index is 555. The minimum absolute atomic E-state index is 0.00171. The van der Waals surface area contributed by atoms with Gasteiger partial charge in [0.05, 0.1) is 23.5 Å². The average Bonchev–Trinajstić information content (AvgIpc) is 2.85. The first-order valence-electron chi connectivity index (χ1n) is 5.29. The molecule has 2 rings (SSSR count). The van der Waals surface area contributed by atoms with E-state index in [0.717, 1.165) is 5.01 Å². The van der Waals surface area contributed by atoms with Crippen LogP contribution in [0.2, 0.25) is 0 Å². The summed E-state index contributed by atoms with van der Waals surface area (Å²) in [6.45, 7) is 1.96. The van der Waals surface area contributed by atoms with Crippen molar-refractivity contribution in [3.05, 3.63) is 34.4 Å². The highest BCUT2D eigenvalue weighted by molar-refractivity contribution is 7.09. The van der Waals surface area contributed by atoms with E-state index in [4.69, 9.17) is 11.5 Å². The van der Waals surface area contributed by atoms with Crippen LogP contribution < -0.4 is 16.8 Å². The van der Waals surface area contributed by atoms with Crippen molar-refractivity contribution in [2.45, 2.75) is 13.0 Å². The number of hydrogen-bond acceptors (Lipinski definition) is 6. The lowest BCUT2D eigenvalue weighted by molar-refractivity contribution is 0.100. The summed E-state index contributed by atoms with van der Waals surface area (Å²) in [7, 11) is 0. The molecule has 7 heteroatoms. The molecule has 5 N–H and O–H groups in total. The molecule has 1 unspecified atom stereocenters. The zero-order valence-electron chi connectivity index (χ0n) is 9.75. The van der Waals surface area contributed by atoms with E-state index >= 15 is 0 Å². The van der Waals surface area contributed by atoms with Crippen molar-refractivity contribution in [2.75, 3.05) is 11.1 Å². The standard InChI is InChI=1S/C11H13N5OS/c1-6(11-14-2-3-18-11)16-9-4-7(10(13)17)8(12)5-15-9/h2-6H,12H2,1H3,(H2,13,17)(H,15,16). The van der Waals surface area contributed by atoms with Crippen LogP contribution in [-0.2, 0) is 0 Å². The van der Waals surface area contributed by atoms with Gasteiger partial charge in [-0.05, 0) is 13.0 Å². The monoisotopic (exact) mass is 263 g/mol. The number of anilines is 2. The van der Waals surface area contributed by atoms with E-state index in [-0.39, 0.29) is 17.3 Å². The smallest absolute Gasteiger partial charge is 0.250 e. The van der Waals surface area contributed by atoms with Crippen LogP contribution in [0.4, 0.5) is 11.5 Å². The van der Waals surface area contributed by atoms with E-state index in [0.29, 0.717) is 5.82 Å². The van der Waals surface area contributed by atoms with Gasteiger partial charge in [0.1, 0.15) is 10.8 Å². The predicted molar refractivity (Wildman–Crippen MR) is 71.3 cm³/mol. The molecule has 0 aliphatic rings. The van der Waals surface area contributed by atoms with Crippen molar-refractivity contribution < 1.29 is 4.79 Å². The van der Waals surface area contributed by atoms with Gasteiger partial charge in [-0.15, -0.1) is 11.3 Å². The number of nitrogens with two attached hydrogens (primary N) is 2. The molecule has 94 valence electrons. The molecular formula is C11H13N5OS. The van der Waals surface area contributed by atoms with Crippen LogP contribution in [0.15, 0.2) is 23.8 Å². The second-order valence-electron chi connectivity index (χ2n) is 3.76. The predicted octanol–water partition coefficient (Wildman–Crippen LogP) is 1.39. The van der Waals surface area contributed by atoms with Crippen molar-refractivity contribution >= 4 is 28.7 Å².